The van der Waals surface area contributed by atoms with Crippen molar-refractivity contribution in [1.29, 1.82) is 0 Å². The number of amides is 1. The Morgan fingerprint density at radius 2 is 1.88 bits per heavy atom. The number of nitrogens with one attached hydrogen (secondary N) is 1. The summed E-state index contributed by atoms with van der Waals surface area (Å²) < 4.78 is 0. The smallest absolute Gasteiger partial charge is 0.238 e. The number of likely N-dealkylation sites (N-methyl/N-ethyl adjacent to an activating group) is 1. The number of hydrogen-bond acceptors (Lipinski definition) is 2. The Labute approximate surface area is 151 Å². The van der Waals surface area contributed by atoms with Gasteiger partial charge in [-0.3, -0.25) is 9.69 Å². The molecule has 1 N–H and O–H groups in total. The van der Waals surface area contributed by atoms with Gasteiger partial charge in [0, 0.05) is 11.7 Å². The van der Waals surface area contributed by atoms with Crippen LogP contribution in [0.2, 0.25) is 0 Å². The van der Waals surface area contributed by atoms with Gasteiger partial charge < -0.3 is 5.32 Å². The Hall–Kier alpha value is -2.13. The van der Waals surface area contributed by atoms with E-state index in [0.29, 0.717) is 18.5 Å². The number of benzene rings is 2. The van der Waals surface area contributed by atoms with Gasteiger partial charge >= 0.3 is 0 Å². The largest absolute Gasteiger partial charge is 0.325 e. The van der Waals surface area contributed by atoms with Crippen LogP contribution in [0.4, 0.5) is 5.69 Å². The molecule has 1 aliphatic carbocycles. The van der Waals surface area contributed by atoms with E-state index in [-0.39, 0.29) is 5.91 Å². The lowest BCUT2D eigenvalue weighted by atomic mass is 9.87. The number of carbonyl (C=O) groups excluding carboxylic acids is 1. The monoisotopic (exact) mass is 336 g/mol. The summed E-state index contributed by atoms with van der Waals surface area (Å²) in [4.78, 5) is 14.8. The molecule has 0 fully saturated rings. The standard InChI is InChI=1S/C22H28N2O/c1-16(2)18-11-6-7-13-20(18)23-22(25)15-24(3)21-14-8-10-17-9-4-5-12-19(17)21/h4-7,9,11-13,16,21H,8,10,14-15H2,1-3H3,(H,23,25)/t21-/m0/s1. The Morgan fingerprint density at radius 1 is 1.16 bits per heavy atom. The Kier molecular flexibility index (Phi) is 5.54. The highest BCUT2D eigenvalue weighted by atomic mass is 16.2. The van der Waals surface area contributed by atoms with Crippen LogP contribution >= 0.6 is 0 Å². The van der Waals surface area contributed by atoms with Gasteiger partial charge in [-0.15, -0.1) is 0 Å². The van der Waals surface area contributed by atoms with E-state index < -0.39 is 0 Å². The van der Waals surface area contributed by atoms with Crippen LogP contribution in [0.5, 0.6) is 0 Å². The van der Waals surface area contributed by atoms with Crippen molar-refractivity contribution in [2.45, 2.75) is 45.1 Å². The maximum atomic E-state index is 12.6. The Morgan fingerprint density at radius 3 is 2.68 bits per heavy atom. The maximum absolute atomic E-state index is 12.6. The van der Waals surface area contributed by atoms with Crippen molar-refractivity contribution >= 4 is 11.6 Å². The second kappa shape index (κ2) is 7.83. The first-order chi connectivity index (χ1) is 12.1. The van der Waals surface area contributed by atoms with Crippen LogP contribution in [-0.2, 0) is 11.2 Å². The fraction of sp³-hybridized carbons (Fsp3) is 0.409. The molecule has 25 heavy (non-hydrogen) atoms. The van der Waals surface area contributed by atoms with Crippen LogP contribution in [0.3, 0.4) is 0 Å². The molecule has 2 aromatic rings. The van der Waals surface area contributed by atoms with E-state index >= 15 is 0 Å². The normalized spacial score (nSPS) is 16.8. The number of para-hydroxylation sites is 1. The minimum atomic E-state index is 0.0543. The first-order valence-corrected chi connectivity index (χ1v) is 9.23. The van der Waals surface area contributed by atoms with Crippen molar-refractivity contribution in [2.75, 3.05) is 18.9 Å². The van der Waals surface area contributed by atoms with Gasteiger partial charge in [0.15, 0.2) is 0 Å². The van der Waals surface area contributed by atoms with Gasteiger partial charge in [0.1, 0.15) is 0 Å². The molecule has 0 spiro atoms. The summed E-state index contributed by atoms with van der Waals surface area (Å²) in [6.07, 6.45) is 3.45. The molecule has 0 aromatic heterocycles. The summed E-state index contributed by atoms with van der Waals surface area (Å²) in [5, 5.41) is 3.11. The number of anilines is 1. The highest BCUT2D eigenvalue weighted by molar-refractivity contribution is 5.93. The second-order valence-electron chi connectivity index (χ2n) is 7.31. The number of hydrogen-bond donors (Lipinski definition) is 1. The quantitative estimate of drug-likeness (QED) is 0.854. The highest BCUT2D eigenvalue weighted by Crippen LogP contribution is 2.33. The number of aryl methyl sites for hydroxylation is 1. The molecule has 0 aliphatic heterocycles. The van der Waals surface area contributed by atoms with Crippen molar-refractivity contribution in [3.63, 3.8) is 0 Å². The molecule has 132 valence electrons. The number of rotatable bonds is 5. The van der Waals surface area contributed by atoms with E-state index in [0.717, 1.165) is 18.5 Å². The fourth-order valence-corrected chi connectivity index (χ4v) is 3.83. The fourth-order valence-electron chi connectivity index (χ4n) is 3.83. The second-order valence-corrected chi connectivity index (χ2v) is 7.31. The summed E-state index contributed by atoms with van der Waals surface area (Å²) in [5.41, 5.74) is 4.92. The van der Waals surface area contributed by atoms with Gasteiger partial charge in [-0.1, -0.05) is 56.3 Å². The van der Waals surface area contributed by atoms with Crippen molar-refractivity contribution < 1.29 is 4.79 Å². The molecule has 1 aliphatic rings. The number of nitrogens with zero attached hydrogens (tertiary/aromatic N) is 1. The van der Waals surface area contributed by atoms with Crippen molar-refractivity contribution in [1.82, 2.24) is 4.90 Å². The molecule has 2 aromatic carbocycles. The topological polar surface area (TPSA) is 32.3 Å². The molecule has 0 heterocycles. The van der Waals surface area contributed by atoms with E-state index in [2.05, 4.69) is 61.4 Å². The zero-order valence-corrected chi connectivity index (χ0v) is 15.5. The van der Waals surface area contributed by atoms with E-state index in [1.807, 2.05) is 18.2 Å². The van der Waals surface area contributed by atoms with E-state index in [9.17, 15) is 4.79 Å². The predicted molar refractivity (Wildman–Crippen MR) is 104 cm³/mol. The summed E-state index contributed by atoms with van der Waals surface area (Å²) in [6.45, 7) is 4.71. The summed E-state index contributed by atoms with van der Waals surface area (Å²) in [5.74, 6) is 0.443. The summed E-state index contributed by atoms with van der Waals surface area (Å²) in [7, 11) is 2.06. The lowest BCUT2D eigenvalue weighted by molar-refractivity contribution is -0.117. The lowest BCUT2D eigenvalue weighted by Gasteiger charge is -2.33. The summed E-state index contributed by atoms with van der Waals surface area (Å²) >= 11 is 0. The zero-order valence-electron chi connectivity index (χ0n) is 15.5. The molecule has 1 atom stereocenters. The van der Waals surface area contributed by atoms with Crippen molar-refractivity contribution in [3.05, 3.63) is 65.2 Å². The Balaban J connectivity index is 1.68. The molecule has 0 unspecified atom stereocenters. The Bertz CT molecular complexity index is 738. The number of carbonyl (C=O) groups is 1. The van der Waals surface area contributed by atoms with Gasteiger partial charge in [0.2, 0.25) is 5.91 Å². The lowest BCUT2D eigenvalue weighted by Crippen LogP contribution is -2.35. The maximum Gasteiger partial charge on any atom is 0.238 e. The van der Waals surface area contributed by atoms with E-state index in [1.54, 1.807) is 0 Å². The van der Waals surface area contributed by atoms with E-state index in [1.165, 1.54) is 23.1 Å². The molecule has 0 saturated heterocycles. The molecule has 0 radical (unpaired) electrons. The van der Waals surface area contributed by atoms with Crippen LogP contribution in [0.25, 0.3) is 0 Å². The third-order valence-electron chi connectivity index (χ3n) is 5.12. The molecule has 3 rings (SSSR count). The van der Waals surface area contributed by atoms with Crippen molar-refractivity contribution in [3.8, 4) is 0 Å². The molecular weight excluding hydrogens is 308 g/mol. The van der Waals surface area contributed by atoms with Crippen LogP contribution in [0, 0.1) is 0 Å². The van der Waals surface area contributed by atoms with Gasteiger partial charge in [-0.05, 0) is 55.0 Å². The first-order valence-electron chi connectivity index (χ1n) is 9.23. The molecule has 1 amide bonds. The summed E-state index contributed by atoms with van der Waals surface area (Å²) in [6, 6.07) is 17.0. The number of fused-ring (bicyclic) bond motifs is 1. The zero-order chi connectivity index (χ0) is 17.8. The van der Waals surface area contributed by atoms with Crippen LogP contribution in [0.1, 0.15) is 55.3 Å². The predicted octanol–water partition coefficient (Wildman–Crippen LogP) is 4.76. The van der Waals surface area contributed by atoms with Crippen LogP contribution in [-0.4, -0.2) is 24.4 Å². The minimum Gasteiger partial charge on any atom is -0.325 e. The molecule has 3 heteroatoms. The van der Waals surface area contributed by atoms with Crippen molar-refractivity contribution in [2.24, 2.45) is 0 Å². The van der Waals surface area contributed by atoms with Gasteiger partial charge in [-0.2, -0.15) is 0 Å². The van der Waals surface area contributed by atoms with E-state index in [4.69, 9.17) is 0 Å². The highest BCUT2D eigenvalue weighted by Gasteiger charge is 2.24. The molecule has 0 saturated carbocycles. The van der Waals surface area contributed by atoms with Crippen LogP contribution in [0.15, 0.2) is 48.5 Å². The molecule has 3 nitrogen and oxygen atoms in total. The van der Waals surface area contributed by atoms with Crippen LogP contribution < -0.4 is 5.32 Å². The molecule has 0 bridgehead atoms. The average molecular weight is 336 g/mol. The SMILES string of the molecule is CC(C)c1ccccc1NC(=O)CN(C)[C@H]1CCCc2ccccc21. The van der Waals surface area contributed by atoms with Gasteiger partial charge in [0.05, 0.1) is 6.54 Å². The first kappa shape index (κ1) is 17.7. The third-order valence-corrected chi connectivity index (χ3v) is 5.12. The van der Waals surface area contributed by atoms with Gasteiger partial charge in [0.25, 0.3) is 0 Å². The third kappa shape index (κ3) is 4.10. The average Bonchev–Trinajstić information content (AvgIpc) is 2.61. The van der Waals surface area contributed by atoms with Gasteiger partial charge in [-0.25, -0.2) is 0 Å². The minimum absolute atomic E-state index is 0.0543. The molecular formula is C22H28N2O.